The van der Waals surface area contributed by atoms with Crippen LogP contribution in [0.15, 0.2) is 35.9 Å². The second-order valence-electron chi connectivity index (χ2n) is 16.4. The van der Waals surface area contributed by atoms with Crippen LogP contribution in [0.2, 0.25) is 5.02 Å². The highest BCUT2D eigenvalue weighted by molar-refractivity contribution is 6.35. The molecule has 16 nitrogen and oxygen atoms in total. The first-order valence-corrected chi connectivity index (χ1v) is 20.8. The van der Waals surface area contributed by atoms with Gasteiger partial charge in [-0.3, -0.25) is 29.4 Å². The fraction of sp³-hybridized carbons (Fsp3) is 0.628. The van der Waals surface area contributed by atoms with Crippen molar-refractivity contribution in [1.82, 2.24) is 15.1 Å². The molecule has 3 saturated heterocycles. The molecule has 3 aliphatic heterocycles. The number of likely N-dealkylation sites (N-methyl/N-ethyl adjacent to an activating group) is 1. The van der Waals surface area contributed by atoms with Crippen LogP contribution in [0.1, 0.15) is 91.5 Å². The Hall–Kier alpha value is -4.51. The maximum absolute atomic E-state index is 13.9. The van der Waals surface area contributed by atoms with Crippen LogP contribution in [0.4, 0.5) is 10.5 Å². The first kappa shape index (κ1) is 48.2. The van der Waals surface area contributed by atoms with Gasteiger partial charge in [-0.15, -0.1) is 0 Å². The number of anilines is 1. The van der Waals surface area contributed by atoms with E-state index in [1.165, 1.54) is 36.0 Å². The number of epoxide rings is 1. The van der Waals surface area contributed by atoms with Crippen LogP contribution in [0.5, 0.6) is 5.75 Å². The Morgan fingerprint density at radius 3 is 2.33 bits per heavy atom. The number of imide groups is 1. The number of halogens is 1. The highest BCUT2D eigenvalue weighted by Gasteiger charge is 2.51. The highest BCUT2D eigenvalue weighted by atomic mass is 35.5. The van der Waals surface area contributed by atoms with E-state index in [9.17, 15) is 33.9 Å². The quantitative estimate of drug-likeness (QED) is 0.0562. The number of carbonyl (C=O) groups is 6. The van der Waals surface area contributed by atoms with E-state index in [4.69, 9.17) is 35.3 Å². The molecule has 0 unspecified atom stereocenters. The molecule has 3 fully saturated rings. The van der Waals surface area contributed by atoms with Gasteiger partial charge >= 0.3 is 12.1 Å². The predicted octanol–water partition coefficient (Wildman–Crippen LogP) is 4.86. The lowest BCUT2D eigenvalue weighted by molar-refractivity contribution is -0.162. The number of amides is 5. The molecule has 0 saturated carbocycles. The van der Waals surface area contributed by atoms with Crippen molar-refractivity contribution in [3.63, 3.8) is 0 Å². The molecular formula is C43H61ClN4O12. The van der Waals surface area contributed by atoms with E-state index < -0.39 is 53.6 Å². The third kappa shape index (κ3) is 12.3. The molecule has 0 radical (unpaired) electrons. The Balaban J connectivity index is 1.37. The summed E-state index contributed by atoms with van der Waals surface area (Å²) in [6, 6.07) is 2.61. The zero-order chi connectivity index (χ0) is 44.5. The summed E-state index contributed by atoms with van der Waals surface area (Å²) in [7, 11) is 6.01. The van der Waals surface area contributed by atoms with Crippen LogP contribution >= 0.6 is 11.6 Å². The topological polar surface area (TPSA) is 194 Å². The normalized spacial score (nSPS) is 23.3. The Morgan fingerprint density at radius 2 is 1.73 bits per heavy atom. The fourth-order valence-corrected chi connectivity index (χ4v) is 7.38. The molecular weight excluding hydrogens is 800 g/mol. The first-order chi connectivity index (χ1) is 28.2. The molecule has 0 aromatic heterocycles. The van der Waals surface area contributed by atoms with Gasteiger partial charge in [-0.05, 0) is 63.6 Å². The van der Waals surface area contributed by atoms with Gasteiger partial charge in [0.25, 0.3) is 0 Å². The third-order valence-corrected chi connectivity index (χ3v) is 11.8. The second kappa shape index (κ2) is 20.8. The van der Waals surface area contributed by atoms with Crippen molar-refractivity contribution in [2.45, 2.75) is 128 Å². The molecule has 3 heterocycles. The van der Waals surface area contributed by atoms with E-state index in [1.54, 1.807) is 45.2 Å². The number of aliphatic hydroxyl groups is 1. The maximum Gasteiger partial charge on any atom is 0.409 e. The number of unbranched alkanes of at least 4 members (excludes halogenated alkanes) is 2. The first-order valence-electron chi connectivity index (χ1n) is 20.4. The number of hydrogen-bond donors (Lipinski definition) is 2. The average molecular weight is 861 g/mol. The molecule has 0 spiro atoms. The lowest BCUT2D eigenvalue weighted by Crippen LogP contribution is -2.63. The molecule has 60 heavy (non-hydrogen) atoms. The summed E-state index contributed by atoms with van der Waals surface area (Å²) in [6.07, 6.45) is 5.01. The predicted molar refractivity (Wildman–Crippen MR) is 222 cm³/mol. The van der Waals surface area contributed by atoms with Crippen molar-refractivity contribution in [2.75, 3.05) is 46.4 Å². The van der Waals surface area contributed by atoms with E-state index in [1.807, 2.05) is 26.8 Å². The van der Waals surface area contributed by atoms with Gasteiger partial charge in [-0.2, -0.15) is 0 Å². The summed E-state index contributed by atoms with van der Waals surface area (Å²) < 4.78 is 27.9. The minimum absolute atomic E-state index is 0.0000969. The molecule has 0 bridgehead atoms. The van der Waals surface area contributed by atoms with Crippen LogP contribution in [-0.4, -0.2) is 128 Å². The zero-order valence-corrected chi connectivity index (χ0v) is 37.0. The van der Waals surface area contributed by atoms with Crippen molar-refractivity contribution in [3.8, 4) is 5.75 Å². The Morgan fingerprint density at radius 1 is 1.07 bits per heavy atom. The molecule has 2 N–H and O–H groups in total. The third-order valence-electron chi connectivity index (χ3n) is 11.4. The summed E-state index contributed by atoms with van der Waals surface area (Å²) in [6.45, 7) is 9.64. The average Bonchev–Trinajstić information content (AvgIpc) is 3.88. The van der Waals surface area contributed by atoms with Gasteiger partial charge in [0, 0.05) is 53.4 Å². The van der Waals surface area contributed by atoms with Crippen LogP contribution in [0, 0.1) is 5.92 Å². The van der Waals surface area contributed by atoms with Crippen molar-refractivity contribution in [2.24, 2.45) is 5.92 Å². The van der Waals surface area contributed by atoms with E-state index in [2.05, 4.69) is 5.32 Å². The molecule has 5 amide bonds. The number of esters is 1. The van der Waals surface area contributed by atoms with E-state index >= 15 is 0 Å². The van der Waals surface area contributed by atoms with Gasteiger partial charge in [0.05, 0.1) is 25.8 Å². The van der Waals surface area contributed by atoms with Gasteiger partial charge in [0.2, 0.25) is 23.6 Å². The van der Waals surface area contributed by atoms with E-state index in [-0.39, 0.29) is 67.4 Å². The molecule has 1 aromatic rings. The molecule has 0 aliphatic carbocycles. The van der Waals surface area contributed by atoms with Gasteiger partial charge in [-0.1, -0.05) is 55.7 Å². The highest BCUT2D eigenvalue weighted by Crippen LogP contribution is 2.39. The van der Waals surface area contributed by atoms with Crippen LogP contribution in [0.25, 0.3) is 0 Å². The lowest BCUT2D eigenvalue weighted by Gasteiger charge is -2.41. The van der Waals surface area contributed by atoms with Crippen LogP contribution in [-0.2, 0) is 49.3 Å². The minimum Gasteiger partial charge on any atom is -0.495 e. The molecule has 17 heteroatoms. The number of ether oxygens (including phenoxy) is 5. The van der Waals surface area contributed by atoms with Crippen molar-refractivity contribution < 1.29 is 57.6 Å². The second-order valence-corrected chi connectivity index (χ2v) is 16.8. The number of allylic oxidation sites excluding steroid dienone is 3. The number of nitrogens with one attached hydrogen (secondary N) is 1. The van der Waals surface area contributed by atoms with E-state index in [0.717, 1.165) is 11.1 Å². The number of rotatable bonds is 21. The number of hydrogen-bond acceptors (Lipinski definition) is 12. The zero-order valence-electron chi connectivity index (χ0n) is 36.2. The Kier molecular flexibility index (Phi) is 16.7. The van der Waals surface area contributed by atoms with Crippen molar-refractivity contribution in [1.29, 1.82) is 0 Å². The summed E-state index contributed by atoms with van der Waals surface area (Å²) in [5, 5.41) is 14.0. The number of carbonyl (C=O) groups excluding carboxylic acids is 6. The van der Waals surface area contributed by atoms with Crippen LogP contribution in [0.3, 0.4) is 0 Å². The van der Waals surface area contributed by atoms with Gasteiger partial charge in [-0.25, -0.2) is 9.59 Å². The SMILES string of the molecule is COc1cc(C/C(C)=C/C=C/[C@@H](OC)[C@@]2(O)C[C@@H](C(C)C)OC(=O)N2)cc(N(C)C(=O)C[C@H](OC(=O)[C@H](C)N(C)C(=O)CCCCCN2C(=O)CCC2=O)[C@@]2(C)CO2)c1Cl. The number of methoxy groups -OCH3 is 2. The number of benzene rings is 1. The van der Waals surface area contributed by atoms with Crippen molar-refractivity contribution in [3.05, 3.63) is 46.5 Å². The molecule has 4 rings (SSSR count). The Labute approximate surface area is 357 Å². The number of alkyl carbamates (subject to hydrolysis) is 1. The van der Waals surface area contributed by atoms with Crippen LogP contribution < -0.4 is 15.0 Å². The number of likely N-dealkylation sites (tertiary alicyclic amines) is 1. The molecule has 3 aliphatic rings. The minimum atomic E-state index is -1.66. The number of nitrogens with zero attached hydrogens (tertiary/aromatic N) is 3. The Bertz CT molecular complexity index is 1810. The molecule has 1 aromatic carbocycles. The molecule has 6 atom stereocenters. The number of cyclic esters (lactones) is 1. The smallest absolute Gasteiger partial charge is 0.409 e. The van der Waals surface area contributed by atoms with E-state index in [0.29, 0.717) is 43.7 Å². The van der Waals surface area contributed by atoms with Gasteiger partial charge < -0.3 is 38.6 Å². The fourth-order valence-electron chi connectivity index (χ4n) is 7.07. The summed E-state index contributed by atoms with van der Waals surface area (Å²) >= 11 is 6.74. The maximum atomic E-state index is 13.9. The summed E-state index contributed by atoms with van der Waals surface area (Å²) in [4.78, 5) is 80.0. The standard InChI is InChI=1S/C43H61ClN4O12/c1-26(2)32-24-43(55,45-41(54)59-32)33(57-9)15-13-14-27(3)20-29-21-30(39(44)31(22-29)56-8)47(7)38(52)23-34(42(5)25-58-42)60-40(53)28(4)46(6)35(49)16-11-10-12-19-48-36(50)17-18-37(48)51/h13-15,21-22,26,28,32-34,55H,10-12,16-20,23-25H2,1-9H3,(H,45,54)/b15-13+,27-14+/t28-,32-,33+,34-,42+,43-/m0/s1. The molecule has 332 valence electrons. The van der Waals surface area contributed by atoms with Gasteiger partial charge in [0.15, 0.2) is 5.72 Å². The largest absolute Gasteiger partial charge is 0.495 e. The summed E-state index contributed by atoms with van der Waals surface area (Å²) in [5.74, 6) is -1.33. The van der Waals surface area contributed by atoms with Crippen molar-refractivity contribution >= 4 is 53.0 Å². The monoisotopic (exact) mass is 860 g/mol. The van der Waals surface area contributed by atoms with Gasteiger partial charge in [0.1, 0.15) is 40.7 Å². The lowest BCUT2D eigenvalue weighted by atomic mass is 9.91. The summed E-state index contributed by atoms with van der Waals surface area (Å²) in [5.41, 5.74) is -0.491.